The molecule has 2 aliphatic carbocycles. The fourth-order valence-corrected chi connectivity index (χ4v) is 5.01. The number of aromatic nitrogens is 4. The summed E-state index contributed by atoms with van der Waals surface area (Å²) in [4.78, 5) is 14.3. The zero-order valence-corrected chi connectivity index (χ0v) is 18.2. The Bertz CT molecular complexity index is 1020. The van der Waals surface area contributed by atoms with Crippen LogP contribution < -0.4 is 10.6 Å². The number of halogens is 1. The Labute approximate surface area is 182 Å². The number of nitrogens with zero attached hydrogens (tertiary/aromatic N) is 4. The van der Waals surface area contributed by atoms with Crippen LogP contribution in [0.5, 0.6) is 0 Å². The van der Waals surface area contributed by atoms with Crippen molar-refractivity contribution in [2.24, 2.45) is 5.92 Å². The second-order valence-electron chi connectivity index (χ2n) is 8.85. The van der Waals surface area contributed by atoms with Crippen LogP contribution in [-0.2, 0) is 0 Å². The Morgan fingerprint density at radius 2 is 1.77 bits per heavy atom. The molecule has 1 aromatic carbocycles. The van der Waals surface area contributed by atoms with Crippen LogP contribution in [0, 0.1) is 5.92 Å². The van der Waals surface area contributed by atoms with Gasteiger partial charge in [-0.05, 0) is 56.6 Å². The third-order valence-corrected chi connectivity index (χ3v) is 6.92. The molecule has 0 aliphatic heterocycles. The highest BCUT2D eigenvalue weighted by Crippen LogP contribution is 2.37. The first-order valence-corrected chi connectivity index (χ1v) is 11.6. The highest BCUT2D eigenvalue weighted by Gasteiger charge is 2.26. The molecule has 0 unspecified atom stereocenters. The Morgan fingerprint density at radius 3 is 2.53 bits per heavy atom. The quantitative estimate of drug-likeness (QED) is 0.500. The summed E-state index contributed by atoms with van der Waals surface area (Å²) in [6.07, 6.45) is 11.5. The van der Waals surface area contributed by atoms with Crippen molar-refractivity contribution in [3.8, 4) is 0 Å². The molecule has 2 N–H and O–H groups in total. The molecule has 5 rings (SSSR count). The molecule has 2 heterocycles. The van der Waals surface area contributed by atoms with Gasteiger partial charge in [-0.1, -0.05) is 43.5 Å². The fraction of sp³-hybridized carbons (Fsp3) is 0.522. The van der Waals surface area contributed by atoms with E-state index in [1.165, 1.54) is 38.5 Å². The van der Waals surface area contributed by atoms with Crippen LogP contribution in [-0.4, -0.2) is 25.6 Å². The van der Waals surface area contributed by atoms with Crippen LogP contribution in [0.1, 0.15) is 64.3 Å². The van der Waals surface area contributed by atoms with Crippen molar-refractivity contribution >= 4 is 40.3 Å². The van der Waals surface area contributed by atoms with E-state index in [2.05, 4.69) is 27.1 Å². The predicted molar refractivity (Wildman–Crippen MR) is 123 cm³/mol. The normalized spacial score (nSPS) is 22.5. The Hall–Kier alpha value is -2.34. The Balaban J connectivity index is 1.53. The number of rotatable bonds is 5. The standard InChI is InChI=1S/C23H29ClN6/c1-15-10-12-17(13-11-15)30-21-20(14-25-22(29-21)26-16-6-2-3-7-16)28-23(30)27-19-9-5-4-8-18(19)24/h4-5,8-9,14-17H,2-3,6-7,10-13H2,1H3,(H,27,28)(H,25,26,29). The number of nitrogens with one attached hydrogen (secondary N) is 2. The summed E-state index contributed by atoms with van der Waals surface area (Å²) in [5.41, 5.74) is 2.58. The zero-order chi connectivity index (χ0) is 20.5. The second-order valence-corrected chi connectivity index (χ2v) is 9.26. The van der Waals surface area contributed by atoms with E-state index in [4.69, 9.17) is 21.6 Å². The average molecular weight is 425 g/mol. The first kappa shape index (κ1) is 19.6. The number of imidazole rings is 1. The van der Waals surface area contributed by atoms with Gasteiger partial charge in [0.2, 0.25) is 11.9 Å². The van der Waals surface area contributed by atoms with Gasteiger partial charge in [-0.2, -0.15) is 4.98 Å². The van der Waals surface area contributed by atoms with Gasteiger partial charge in [-0.25, -0.2) is 9.97 Å². The van der Waals surface area contributed by atoms with Crippen molar-refractivity contribution in [3.05, 3.63) is 35.5 Å². The summed E-state index contributed by atoms with van der Waals surface area (Å²) >= 11 is 6.41. The number of hydrogen-bond donors (Lipinski definition) is 2. The minimum Gasteiger partial charge on any atom is -0.351 e. The lowest BCUT2D eigenvalue weighted by molar-refractivity contribution is 0.295. The van der Waals surface area contributed by atoms with Crippen LogP contribution >= 0.6 is 11.6 Å². The molecular weight excluding hydrogens is 396 g/mol. The molecule has 30 heavy (non-hydrogen) atoms. The zero-order valence-electron chi connectivity index (χ0n) is 17.4. The number of benzene rings is 1. The van der Waals surface area contributed by atoms with Gasteiger partial charge < -0.3 is 10.6 Å². The third-order valence-electron chi connectivity index (χ3n) is 6.59. The van der Waals surface area contributed by atoms with E-state index >= 15 is 0 Å². The number of para-hydroxylation sites is 1. The highest BCUT2D eigenvalue weighted by atomic mass is 35.5. The van der Waals surface area contributed by atoms with Gasteiger partial charge in [0.15, 0.2) is 5.65 Å². The average Bonchev–Trinajstić information content (AvgIpc) is 3.38. The van der Waals surface area contributed by atoms with Gasteiger partial charge in [0.05, 0.1) is 16.9 Å². The van der Waals surface area contributed by atoms with Gasteiger partial charge in [0.1, 0.15) is 5.52 Å². The van der Waals surface area contributed by atoms with Crippen molar-refractivity contribution in [2.45, 2.75) is 70.4 Å². The van der Waals surface area contributed by atoms with E-state index < -0.39 is 0 Å². The van der Waals surface area contributed by atoms with Crippen molar-refractivity contribution in [3.63, 3.8) is 0 Å². The minimum absolute atomic E-state index is 0.380. The highest BCUT2D eigenvalue weighted by molar-refractivity contribution is 6.33. The SMILES string of the molecule is CC1CCC(n2c(Nc3ccccc3Cl)nc3cnc(NC4CCCC4)nc32)CC1. The summed E-state index contributed by atoms with van der Waals surface area (Å²) < 4.78 is 2.28. The van der Waals surface area contributed by atoms with Crippen LogP contribution in [0.2, 0.25) is 5.02 Å². The first-order chi connectivity index (χ1) is 14.7. The lowest BCUT2D eigenvalue weighted by Gasteiger charge is -2.28. The van der Waals surface area contributed by atoms with Gasteiger partial charge in [0.25, 0.3) is 0 Å². The van der Waals surface area contributed by atoms with E-state index in [0.717, 1.165) is 41.6 Å². The molecule has 2 fully saturated rings. The molecule has 3 aromatic rings. The van der Waals surface area contributed by atoms with Crippen LogP contribution in [0.25, 0.3) is 11.2 Å². The van der Waals surface area contributed by atoms with E-state index in [1.54, 1.807) is 0 Å². The van der Waals surface area contributed by atoms with Crippen molar-refractivity contribution in [2.75, 3.05) is 10.6 Å². The fourth-order valence-electron chi connectivity index (χ4n) is 4.83. The Morgan fingerprint density at radius 1 is 1.00 bits per heavy atom. The number of hydrogen-bond acceptors (Lipinski definition) is 5. The van der Waals surface area contributed by atoms with E-state index in [1.807, 2.05) is 30.5 Å². The lowest BCUT2D eigenvalue weighted by atomic mass is 9.87. The van der Waals surface area contributed by atoms with E-state index in [-0.39, 0.29) is 0 Å². The van der Waals surface area contributed by atoms with E-state index in [0.29, 0.717) is 23.1 Å². The molecule has 0 amide bonds. The maximum Gasteiger partial charge on any atom is 0.224 e. The molecule has 0 radical (unpaired) electrons. The molecule has 0 atom stereocenters. The van der Waals surface area contributed by atoms with Crippen LogP contribution in [0.15, 0.2) is 30.5 Å². The second kappa shape index (κ2) is 8.42. The topological polar surface area (TPSA) is 67.7 Å². The third kappa shape index (κ3) is 3.97. The maximum atomic E-state index is 6.41. The van der Waals surface area contributed by atoms with Crippen molar-refractivity contribution in [1.29, 1.82) is 0 Å². The van der Waals surface area contributed by atoms with Gasteiger partial charge in [-0.15, -0.1) is 0 Å². The summed E-state index contributed by atoms with van der Waals surface area (Å²) in [5.74, 6) is 2.29. The molecule has 6 nitrogen and oxygen atoms in total. The molecule has 7 heteroatoms. The summed E-state index contributed by atoms with van der Waals surface area (Å²) in [5, 5.41) is 7.68. The van der Waals surface area contributed by atoms with Gasteiger partial charge in [-0.3, -0.25) is 4.57 Å². The van der Waals surface area contributed by atoms with Crippen LogP contribution in [0.3, 0.4) is 0 Å². The molecule has 2 saturated carbocycles. The van der Waals surface area contributed by atoms with Crippen molar-refractivity contribution < 1.29 is 0 Å². The molecular formula is C23H29ClN6. The van der Waals surface area contributed by atoms with Crippen molar-refractivity contribution in [1.82, 2.24) is 19.5 Å². The lowest BCUT2D eigenvalue weighted by Crippen LogP contribution is -2.19. The largest absolute Gasteiger partial charge is 0.351 e. The maximum absolute atomic E-state index is 6.41. The molecule has 2 aromatic heterocycles. The monoisotopic (exact) mass is 424 g/mol. The predicted octanol–water partition coefficient (Wildman–Crippen LogP) is 6.33. The summed E-state index contributed by atoms with van der Waals surface area (Å²) in [7, 11) is 0. The molecule has 0 spiro atoms. The molecule has 0 saturated heterocycles. The van der Waals surface area contributed by atoms with Crippen LogP contribution in [0.4, 0.5) is 17.6 Å². The summed E-state index contributed by atoms with van der Waals surface area (Å²) in [6, 6.07) is 8.65. The van der Waals surface area contributed by atoms with Gasteiger partial charge >= 0.3 is 0 Å². The first-order valence-electron chi connectivity index (χ1n) is 11.2. The number of fused-ring (bicyclic) bond motifs is 1. The van der Waals surface area contributed by atoms with E-state index in [9.17, 15) is 0 Å². The minimum atomic E-state index is 0.380. The summed E-state index contributed by atoms with van der Waals surface area (Å²) in [6.45, 7) is 2.34. The number of anilines is 3. The Kier molecular flexibility index (Phi) is 5.50. The van der Waals surface area contributed by atoms with Gasteiger partial charge in [0, 0.05) is 12.1 Å². The smallest absolute Gasteiger partial charge is 0.224 e. The molecule has 0 bridgehead atoms. The molecule has 2 aliphatic rings. The molecule has 158 valence electrons.